The first-order chi connectivity index (χ1) is 10.2. The van der Waals surface area contributed by atoms with E-state index in [2.05, 4.69) is 32.3 Å². The van der Waals surface area contributed by atoms with Gasteiger partial charge in [-0.2, -0.15) is 0 Å². The van der Waals surface area contributed by atoms with E-state index in [0.29, 0.717) is 13.2 Å². The zero-order valence-electron chi connectivity index (χ0n) is 12.3. The first-order valence-corrected chi connectivity index (χ1v) is 7.56. The van der Waals surface area contributed by atoms with Gasteiger partial charge in [-0.3, -0.25) is 0 Å². The summed E-state index contributed by atoms with van der Waals surface area (Å²) in [5.41, 5.74) is 2.15. The molecule has 0 amide bonds. The Balaban J connectivity index is 2.01. The lowest BCUT2D eigenvalue weighted by atomic mass is 10.2. The van der Waals surface area contributed by atoms with Crippen molar-refractivity contribution in [2.75, 3.05) is 20.3 Å². The maximum Gasteiger partial charge on any atom is 0.138 e. The number of nitrogens with zero attached hydrogens (tertiary/aromatic N) is 2. The quantitative estimate of drug-likeness (QED) is 0.740. The van der Waals surface area contributed by atoms with Gasteiger partial charge in [-0.05, 0) is 22.0 Å². The fourth-order valence-electron chi connectivity index (χ4n) is 1.92. The third-order valence-electron chi connectivity index (χ3n) is 3.13. The van der Waals surface area contributed by atoms with Crippen molar-refractivity contribution in [2.45, 2.75) is 13.2 Å². The molecule has 5 nitrogen and oxygen atoms in total. The third kappa shape index (κ3) is 4.56. The SMILES string of the molecule is COCCNCc1cccc(Br)c1OCc1cncn1C. The van der Waals surface area contributed by atoms with Crippen LogP contribution < -0.4 is 10.1 Å². The standard InChI is InChI=1S/C15H20BrN3O2/c1-19-11-18-9-13(19)10-21-15-12(4-3-5-14(15)16)8-17-6-7-20-2/h3-5,9,11,17H,6-8,10H2,1-2H3. The number of imidazole rings is 1. The minimum atomic E-state index is 0.490. The summed E-state index contributed by atoms with van der Waals surface area (Å²) < 4.78 is 13.9. The van der Waals surface area contributed by atoms with E-state index >= 15 is 0 Å². The Morgan fingerprint density at radius 3 is 2.95 bits per heavy atom. The summed E-state index contributed by atoms with van der Waals surface area (Å²) in [7, 11) is 3.65. The van der Waals surface area contributed by atoms with E-state index in [-0.39, 0.29) is 0 Å². The Morgan fingerprint density at radius 2 is 2.24 bits per heavy atom. The van der Waals surface area contributed by atoms with Gasteiger partial charge in [-0.25, -0.2) is 4.98 Å². The van der Waals surface area contributed by atoms with Crippen molar-refractivity contribution in [1.29, 1.82) is 0 Å². The number of nitrogens with one attached hydrogen (secondary N) is 1. The third-order valence-corrected chi connectivity index (χ3v) is 3.75. The van der Waals surface area contributed by atoms with Gasteiger partial charge >= 0.3 is 0 Å². The number of para-hydroxylation sites is 1. The van der Waals surface area contributed by atoms with E-state index in [1.54, 1.807) is 13.4 Å². The summed E-state index contributed by atoms with van der Waals surface area (Å²) in [5, 5.41) is 3.33. The fraction of sp³-hybridized carbons (Fsp3) is 0.400. The van der Waals surface area contributed by atoms with Gasteiger partial charge in [0.15, 0.2) is 0 Å². The molecule has 0 bridgehead atoms. The lowest BCUT2D eigenvalue weighted by Crippen LogP contribution is -2.19. The molecular weight excluding hydrogens is 334 g/mol. The largest absolute Gasteiger partial charge is 0.486 e. The van der Waals surface area contributed by atoms with Gasteiger partial charge in [-0.15, -0.1) is 0 Å². The average Bonchev–Trinajstić information content (AvgIpc) is 2.88. The molecule has 1 aromatic heterocycles. The molecule has 0 saturated heterocycles. The monoisotopic (exact) mass is 353 g/mol. The molecule has 6 heteroatoms. The second kappa shape index (κ2) is 8.17. The second-order valence-corrected chi connectivity index (χ2v) is 5.54. The van der Waals surface area contributed by atoms with Crippen LogP contribution in [0.25, 0.3) is 0 Å². The second-order valence-electron chi connectivity index (χ2n) is 4.68. The van der Waals surface area contributed by atoms with Crippen LogP contribution >= 0.6 is 15.9 Å². The first-order valence-electron chi connectivity index (χ1n) is 6.77. The fourth-order valence-corrected chi connectivity index (χ4v) is 2.44. The Morgan fingerprint density at radius 1 is 1.38 bits per heavy atom. The molecule has 0 aliphatic heterocycles. The van der Waals surface area contributed by atoms with E-state index < -0.39 is 0 Å². The van der Waals surface area contributed by atoms with E-state index in [4.69, 9.17) is 9.47 Å². The highest BCUT2D eigenvalue weighted by molar-refractivity contribution is 9.10. The zero-order valence-corrected chi connectivity index (χ0v) is 13.9. The normalized spacial score (nSPS) is 10.8. The highest BCUT2D eigenvalue weighted by Gasteiger charge is 2.09. The molecule has 0 unspecified atom stereocenters. The Bertz CT molecular complexity index is 572. The van der Waals surface area contributed by atoms with Crippen molar-refractivity contribution in [2.24, 2.45) is 7.05 Å². The number of hydrogen-bond acceptors (Lipinski definition) is 4. The van der Waals surface area contributed by atoms with E-state index in [0.717, 1.165) is 34.6 Å². The molecule has 0 radical (unpaired) electrons. The molecule has 0 saturated carbocycles. The molecule has 1 N–H and O–H groups in total. The predicted molar refractivity (Wildman–Crippen MR) is 85.3 cm³/mol. The van der Waals surface area contributed by atoms with Gasteiger partial charge in [-0.1, -0.05) is 12.1 Å². The number of methoxy groups -OCH3 is 1. The maximum absolute atomic E-state index is 5.97. The minimum absolute atomic E-state index is 0.490. The van der Waals surface area contributed by atoms with Gasteiger partial charge in [0.05, 0.1) is 29.3 Å². The van der Waals surface area contributed by atoms with Crippen LogP contribution in [0.1, 0.15) is 11.3 Å². The number of rotatable bonds is 8. The molecule has 114 valence electrons. The van der Waals surface area contributed by atoms with Crippen molar-refractivity contribution in [3.63, 3.8) is 0 Å². The molecule has 2 rings (SSSR count). The highest BCUT2D eigenvalue weighted by Crippen LogP contribution is 2.29. The summed E-state index contributed by atoms with van der Waals surface area (Å²) >= 11 is 3.55. The molecule has 0 spiro atoms. The number of hydrogen-bond donors (Lipinski definition) is 1. The maximum atomic E-state index is 5.97. The molecule has 1 heterocycles. The Labute approximate surface area is 133 Å². The highest BCUT2D eigenvalue weighted by atomic mass is 79.9. The van der Waals surface area contributed by atoms with Crippen molar-refractivity contribution >= 4 is 15.9 Å². The Hall–Kier alpha value is -1.37. The molecule has 0 atom stereocenters. The van der Waals surface area contributed by atoms with E-state index in [1.165, 1.54) is 0 Å². The smallest absolute Gasteiger partial charge is 0.138 e. The topological polar surface area (TPSA) is 48.3 Å². The van der Waals surface area contributed by atoms with Crippen molar-refractivity contribution < 1.29 is 9.47 Å². The predicted octanol–water partition coefficient (Wildman–Crippen LogP) is 2.50. The molecular formula is C15H20BrN3O2. The van der Waals surface area contributed by atoms with Crippen molar-refractivity contribution in [3.8, 4) is 5.75 Å². The average molecular weight is 354 g/mol. The number of aromatic nitrogens is 2. The van der Waals surface area contributed by atoms with Crippen LogP contribution in [0, 0.1) is 0 Å². The summed E-state index contributed by atoms with van der Waals surface area (Å²) in [6, 6.07) is 6.05. The van der Waals surface area contributed by atoms with E-state index in [1.807, 2.05) is 29.9 Å². The van der Waals surface area contributed by atoms with E-state index in [9.17, 15) is 0 Å². The summed E-state index contributed by atoms with van der Waals surface area (Å²) in [6.45, 7) is 2.73. The molecule has 2 aromatic rings. The lowest BCUT2D eigenvalue weighted by molar-refractivity contribution is 0.199. The molecule has 0 aliphatic carbocycles. The van der Waals surface area contributed by atoms with Crippen LogP contribution in [0.4, 0.5) is 0 Å². The van der Waals surface area contributed by atoms with Crippen LogP contribution in [-0.4, -0.2) is 29.8 Å². The zero-order chi connectivity index (χ0) is 15.1. The van der Waals surface area contributed by atoms with Gasteiger partial charge in [0, 0.05) is 32.8 Å². The molecule has 0 aliphatic rings. The van der Waals surface area contributed by atoms with Gasteiger partial charge in [0.1, 0.15) is 12.4 Å². The number of halogens is 1. The Kier molecular flexibility index (Phi) is 6.22. The first kappa shape index (κ1) is 16.0. The van der Waals surface area contributed by atoms with Gasteiger partial charge in [0.2, 0.25) is 0 Å². The van der Waals surface area contributed by atoms with Gasteiger partial charge in [0.25, 0.3) is 0 Å². The van der Waals surface area contributed by atoms with Crippen molar-refractivity contribution in [1.82, 2.24) is 14.9 Å². The lowest BCUT2D eigenvalue weighted by Gasteiger charge is -2.14. The molecule has 1 aromatic carbocycles. The van der Waals surface area contributed by atoms with Crippen LogP contribution in [0.5, 0.6) is 5.75 Å². The molecule has 0 fully saturated rings. The summed E-state index contributed by atoms with van der Waals surface area (Å²) in [6.07, 6.45) is 3.58. The molecule has 21 heavy (non-hydrogen) atoms. The van der Waals surface area contributed by atoms with Crippen LogP contribution in [0.3, 0.4) is 0 Å². The van der Waals surface area contributed by atoms with Crippen molar-refractivity contribution in [3.05, 3.63) is 46.5 Å². The number of ether oxygens (including phenoxy) is 2. The number of benzene rings is 1. The summed E-state index contributed by atoms with van der Waals surface area (Å²) in [5.74, 6) is 0.864. The van der Waals surface area contributed by atoms with Gasteiger partial charge < -0.3 is 19.4 Å². The van der Waals surface area contributed by atoms with Crippen LogP contribution in [0.15, 0.2) is 35.2 Å². The number of aryl methyl sites for hydroxylation is 1. The van der Waals surface area contributed by atoms with Crippen LogP contribution in [-0.2, 0) is 24.9 Å². The minimum Gasteiger partial charge on any atom is -0.486 e. The van der Waals surface area contributed by atoms with Crippen LogP contribution in [0.2, 0.25) is 0 Å². The summed E-state index contributed by atoms with van der Waals surface area (Å²) in [4.78, 5) is 4.09.